The summed E-state index contributed by atoms with van der Waals surface area (Å²) in [6, 6.07) is 15.7. The Hall–Kier alpha value is -1.96. The van der Waals surface area contributed by atoms with Gasteiger partial charge in [-0.15, -0.1) is 0 Å². The average Bonchev–Trinajstić information content (AvgIpc) is 2.93. The van der Waals surface area contributed by atoms with Gasteiger partial charge in [-0.1, -0.05) is 48.0 Å². The molecule has 3 rings (SSSR count). The molecule has 0 radical (unpaired) electrons. The third-order valence-electron chi connectivity index (χ3n) is 3.77. The Bertz CT molecular complexity index is 792. The Morgan fingerprint density at radius 3 is 2.68 bits per heavy atom. The summed E-state index contributed by atoms with van der Waals surface area (Å²) in [5.74, 6) is 0. The number of para-hydroxylation sites is 1. The molecule has 0 spiro atoms. The van der Waals surface area contributed by atoms with Gasteiger partial charge in [0.1, 0.15) is 0 Å². The van der Waals surface area contributed by atoms with Crippen molar-refractivity contribution in [3.63, 3.8) is 0 Å². The Morgan fingerprint density at radius 1 is 1.18 bits per heavy atom. The zero-order valence-corrected chi connectivity index (χ0v) is 13.5. The number of benzene rings is 2. The predicted octanol–water partition coefficient (Wildman–Crippen LogP) is 2.88. The summed E-state index contributed by atoms with van der Waals surface area (Å²) in [5, 5.41) is 2.19. The topological polar surface area (TPSA) is 58.9 Å². The quantitative estimate of drug-likeness (QED) is 0.712. The molecule has 22 heavy (non-hydrogen) atoms. The van der Waals surface area contributed by atoms with E-state index in [2.05, 4.69) is 11.1 Å². The first-order chi connectivity index (χ1) is 10.6. The number of hydrogen-bond acceptors (Lipinski definition) is 2. The van der Waals surface area contributed by atoms with Crippen LogP contribution in [0.25, 0.3) is 10.9 Å². The molecule has 0 bridgehead atoms. The first-order valence-corrected chi connectivity index (χ1v) is 8.31. The maximum atomic E-state index is 12.3. The molecule has 0 aliphatic carbocycles. The summed E-state index contributed by atoms with van der Waals surface area (Å²) in [5.41, 5.74) is 9.61. The third-order valence-corrected chi connectivity index (χ3v) is 5.01. The van der Waals surface area contributed by atoms with Crippen LogP contribution in [0, 0.1) is 6.92 Å². The van der Waals surface area contributed by atoms with Crippen molar-refractivity contribution in [2.24, 2.45) is 5.73 Å². The van der Waals surface area contributed by atoms with E-state index in [0.29, 0.717) is 6.42 Å². The third kappa shape index (κ3) is 3.27. The molecule has 3 N–H and O–H groups in total. The number of aromatic amines is 1. The van der Waals surface area contributed by atoms with E-state index in [4.69, 9.17) is 5.73 Å². The molecule has 3 aromatic rings. The number of carbonyl (C=O) groups is 1. The van der Waals surface area contributed by atoms with E-state index >= 15 is 0 Å². The average molecular weight is 310 g/mol. The van der Waals surface area contributed by atoms with Gasteiger partial charge < -0.3 is 10.7 Å². The molecule has 0 saturated heterocycles. The van der Waals surface area contributed by atoms with E-state index in [0.717, 1.165) is 21.8 Å². The lowest BCUT2D eigenvalue weighted by Crippen LogP contribution is -2.30. The van der Waals surface area contributed by atoms with Crippen molar-refractivity contribution in [1.29, 1.82) is 0 Å². The second-order valence-corrected chi connectivity index (χ2v) is 6.85. The van der Waals surface area contributed by atoms with Gasteiger partial charge in [-0.2, -0.15) is 0 Å². The van der Waals surface area contributed by atoms with Crippen LogP contribution in [0.15, 0.2) is 54.7 Å². The molecule has 1 aromatic heterocycles. The fourth-order valence-corrected chi connectivity index (χ4v) is 3.41. The number of aryl methyl sites for hydroxylation is 1. The van der Waals surface area contributed by atoms with Crippen molar-refractivity contribution in [3.05, 3.63) is 65.9 Å². The van der Waals surface area contributed by atoms with Crippen LogP contribution in [-0.4, -0.2) is 16.6 Å². The molecule has 3 nitrogen and oxygen atoms in total. The van der Waals surface area contributed by atoms with Crippen LogP contribution in [0.3, 0.4) is 0 Å². The minimum Gasteiger partial charge on any atom is -0.361 e. The van der Waals surface area contributed by atoms with E-state index in [9.17, 15) is 4.79 Å². The first-order valence-electron chi connectivity index (χ1n) is 7.31. The minimum atomic E-state index is -0.459. The lowest BCUT2D eigenvalue weighted by molar-refractivity contribution is -0.112. The molecule has 1 heterocycles. The molecule has 0 saturated carbocycles. The van der Waals surface area contributed by atoms with Crippen LogP contribution in [-0.2, 0) is 11.2 Å². The Balaban J connectivity index is 1.69. The summed E-state index contributed by atoms with van der Waals surface area (Å²) < 4.78 is 0. The maximum absolute atomic E-state index is 12.3. The number of nitrogens with two attached hydrogens (primary N) is 1. The number of rotatable bonds is 5. The number of nitrogens with one attached hydrogen (secondary N) is 1. The van der Waals surface area contributed by atoms with Crippen molar-refractivity contribution in [2.75, 3.05) is 0 Å². The number of carbonyl (C=O) groups excluding carboxylic acids is 1. The fraction of sp³-hybridized carbons (Fsp3) is 0.167. The molecule has 2 aromatic carbocycles. The first kappa shape index (κ1) is 15.0. The predicted molar refractivity (Wildman–Crippen MR) is 94.1 cm³/mol. The van der Waals surface area contributed by atoms with Crippen molar-refractivity contribution < 1.29 is 4.79 Å². The number of aromatic nitrogens is 1. The normalized spacial score (nSPS) is 13.0. The van der Waals surface area contributed by atoms with Crippen LogP contribution in [0.4, 0.5) is 0 Å². The summed E-state index contributed by atoms with van der Waals surface area (Å²) >= 11 is 0. The summed E-state index contributed by atoms with van der Waals surface area (Å²) in [7, 11) is 0.119. The zero-order chi connectivity index (χ0) is 15.5. The smallest absolute Gasteiger partial charge is 0.172 e. The molecule has 2 atom stereocenters. The van der Waals surface area contributed by atoms with E-state index in [1.165, 1.54) is 5.56 Å². The monoisotopic (exact) mass is 310 g/mol. The van der Waals surface area contributed by atoms with Crippen molar-refractivity contribution >= 4 is 30.3 Å². The number of H-pyrrole nitrogens is 1. The zero-order valence-electron chi connectivity index (χ0n) is 12.5. The number of hydrogen-bond donors (Lipinski definition) is 2. The van der Waals surface area contributed by atoms with Crippen molar-refractivity contribution in [1.82, 2.24) is 4.98 Å². The SMILES string of the molecule is Cc1ccc(PC(=O)[C@@H](N)Cc2c[nH]c3ccccc23)cc1. The van der Waals surface area contributed by atoms with Crippen LogP contribution < -0.4 is 11.0 Å². The van der Waals surface area contributed by atoms with Gasteiger partial charge in [0.25, 0.3) is 0 Å². The second-order valence-electron chi connectivity index (χ2n) is 5.53. The number of fused-ring (bicyclic) bond motifs is 1. The Morgan fingerprint density at radius 2 is 1.91 bits per heavy atom. The highest BCUT2D eigenvalue weighted by Gasteiger charge is 2.16. The standard InChI is InChI=1S/C18H19N2OP/c1-12-6-8-14(9-7-12)22-18(21)16(19)10-13-11-20-17-5-3-2-4-15(13)17/h2-9,11,16,20,22H,10,19H2,1H3/t16-/m0/s1. The van der Waals surface area contributed by atoms with Crippen LogP contribution in [0.2, 0.25) is 0 Å². The molecular formula is C18H19N2OP. The largest absolute Gasteiger partial charge is 0.361 e. The lowest BCUT2D eigenvalue weighted by atomic mass is 10.1. The molecule has 0 aliphatic heterocycles. The van der Waals surface area contributed by atoms with Crippen LogP contribution in [0.5, 0.6) is 0 Å². The highest BCUT2D eigenvalue weighted by atomic mass is 31.1. The Kier molecular flexibility index (Phi) is 4.37. The Labute approximate surface area is 131 Å². The van der Waals surface area contributed by atoms with E-state index < -0.39 is 6.04 Å². The van der Waals surface area contributed by atoms with Crippen molar-refractivity contribution in [3.8, 4) is 0 Å². The molecule has 1 unspecified atom stereocenters. The van der Waals surface area contributed by atoms with Gasteiger partial charge in [-0.05, 0) is 38.9 Å². The minimum absolute atomic E-state index is 0.106. The van der Waals surface area contributed by atoms with Gasteiger partial charge in [-0.25, -0.2) is 0 Å². The summed E-state index contributed by atoms with van der Waals surface area (Å²) in [4.78, 5) is 15.6. The van der Waals surface area contributed by atoms with Gasteiger partial charge in [-0.3, -0.25) is 4.79 Å². The van der Waals surface area contributed by atoms with Gasteiger partial charge >= 0.3 is 0 Å². The van der Waals surface area contributed by atoms with Crippen LogP contribution in [0.1, 0.15) is 11.1 Å². The molecule has 0 fully saturated rings. The molecular weight excluding hydrogens is 291 g/mol. The van der Waals surface area contributed by atoms with E-state index in [-0.39, 0.29) is 14.1 Å². The lowest BCUT2D eigenvalue weighted by Gasteiger charge is -2.10. The molecule has 4 heteroatoms. The van der Waals surface area contributed by atoms with Crippen LogP contribution >= 0.6 is 8.58 Å². The molecule has 0 aliphatic rings. The fourth-order valence-electron chi connectivity index (χ4n) is 2.50. The van der Waals surface area contributed by atoms with Gasteiger partial charge in [0.05, 0.1) is 6.04 Å². The second kappa shape index (κ2) is 6.43. The summed E-state index contributed by atoms with van der Waals surface area (Å²) in [6.45, 7) is 2.04. The van der Waals surface area contributed by atoms with Gasteiger partial charge in [0.15, 0.2) is 5.52 Å². The molecule has 112 valence electrons. The van der Waals surface area contributed by atoms with Crippen molar-refractivity contribution in [2.45, 2.75) is 19.4 Å². The highest BCUT2D eigenvalue weighted by Crippen LogP contribution is 2.21. The van der Waals surface area contributed by atoms with Gasteiger partial charge in [0.2, 0.25) is 0 Å². The maximum Gasteiger partial charge on any atom is 0.172 e. The van der Waals surface area contributed by atoms with E-state index in [1.54, 1.807) is 0 Å². The van der Waals surface area contributed by atoms with Gasteiger partial charge in [0, 0.05) is 17.1 Å². The summed E-state index contributed by atoms with van der Waals surface area (Å²) in [6.07, 6.45) is 2.52. The molecule has 0 amide bonds. The highest BCUT2D eigenvalue weighted by molar-refractivity contribution is 7.65. The van der Waals surface area contributed by atoms with E-state index in [1.807, 2.05) is 55.6 Å².